The average molecular weight is 631 g/mol. The zero-order chi connectivity index (χ0) is 34.4. The zero-order valence-electron chi connectivity index (χ0n) is 28.7. The number of aromatic nitrogens is 1. The van der Waals surface area contributed by atoms with Crippen molar-refractivity contribution in [1.29, 1.82) is 0 Å². The predicted octanol–water partition coefficient (Wildman–Crippen LogP) is 4.34. The summed E-state index contributed by atoms with van der Waals surface area (Å²) in [5.41, 5.74) is 7.14. The van der Waals surface area contributed by atoms with Gasteiger partial charge in [-0.05, 0) is 83.0 Å². The van der Waals surface area contributed by atoms with Crippen LogP contribution < -0.4 is 16.4 Å². The number of nitrogens with two attached hydrogens (primary N) is 1. The van der Waals surface area contributed by atoms with Gasteiger partial charge in [-0.25, -0.2) is 9.37 Å². The van der Waals surface area contributed by atoms with E-state index in [0.29, 0.717) is 5.82 Å². The molecule has 2 amide bonds. The fourth-order valence-corrected chi connectivity index (χ4v) is 4.82. The molecule has 1 aromatic heterocycles. The van der Waals surface area contributed by atoms with Gasteiger partial charge in [0.15, 0.2) is 0 Å². The molecular weight excluding hydrogens is 575 g/mol. The second-order valence-electron chi connectivity index (χ2n) is 12.6. The summed E-state index contributed by atoms with van der Waals surface area (Å²) in [4.78, 5) is 45.1. The number of nitrogen functional groups attached to an aromatic ring is 1. The first-order valence-electron chi connectivity index (χ1n) is 15.7. The molecule has 4 atom stereocenters. The number of carbonyl (C=O) groups excluding carboxylic acids is 2. The van der Waals surface area contributed by atoms with Gasteiger partial charge in [0.1, 0.15) is 23.7 Å². The molecule has 45 heavy (non-hydrogen) atoms. The summed E-state index contributed by atoms with van der Waals surface area (Å²) in [6.07, 6.45) is 2.73. The maximum atomic E-state index is 13.3. The Labute approximate surface area is 269 Å². The van der Waals surface area contributed by atoms with Gasteiger partial charge in [0, 0.05) is 31.2 Å². The third-order valence-electron chi connectivity index (χ3n) is 8.14. The van der Waals surface area contributed by atoms with Gasteiger partial charge in [0.25, 0.3) is 0 Å². The molecule has 0 saturated heterocycles. The van der Waals surface area contributed by atoms with Crippen LogP contribution in [0.25, 0.3) is 0 Å². The van der Waals surface area contributed by atoms with Crippen LogP contribution in [0.15, 0.2) is 42.6 Å². The number of amides is 2. The lowest BCUT2D eigenvalue weighted by Gasteiger charge is -2.34. The molecule has 10 nitrogen and oxygen atoms in total. The molecule has 2 rings (SSSR count). The molecule has 0 bridgehead atoms. The number of carboxylic acids is 1. The Balaban J connectivity index is 0.000000656. The number of anilines is 1. The van der Waals surface area contributed by atoms with E-state index in [0.717, 1.165) is 17.5 Å². The third kappa shape index (κ3) is 13.1. The molecule has 252 valence electrons. The van der Waals surface area contributed by atoms with E-state index in [2.05, 4.69) is 15.6 Å². The highest BCUT2D eigenvalue weighted by atomic mass is 19.1. The zero-order valence-corrected chi connectivity index (χ0v) is 28.7. The summed E-state index contributed by atoms with van der Waals surface area (Å²) < 4.78 is 13.3. The summed E-state index contributed by atoms with van der Waals surface area (Å²) in [7, 11) is 3.77. The highest BCUT2D eigenvalue weighted by Gasteiger charge is 2.32. The number of nitrogens with one attached hydrogen (secondary N) is 2. The molecule has 0 aliphatic rings. The van der Waals surface area contributed by atoms with Gasteiger partial charge in [-0.2, -0.15) is 0 Å². The number of halogens is 1. The van der Waals surface area contributed by atoms with E-state index in [1.54, 1.807) is 30.5 Å². The normalized spacial score (nSPS) is 14.1. The first-order chi connectivity index (χ1) is 21.0. The van der Waals surface area contributed by atoms with E-state index in [-0.39, 0.29) is 66.6 Å². The van der Waals surface area contributed by atoms with Crippen LogP contribution in [0.2, 0.25) is 0 Å². The molecule has 0 aliphatic carbocycles. The Morgan fingerprint density at radius 2 is 1.40 bits per heavy atom. The number of aliphatic carboxylic acids is 1. The smallest absolute Gasteiger partial charge is 0.321 e. The summed E-state index contributed by atoms with van der Waals surface area (Å²) >= 11 is 0. The minimum Gasteiger partial charge on any atom is -0.480 e. The number of likely N-dealkylation sites (N-methyl/N-ethyl adjacent to an activating group) is 2. The standard InChI is InChI=1S/C24H34FN5O2.C10H21NO2/c1-15(2)22(30(5)16(3)4)24(32)29-20(12-17-6-9-19(25)10-7-17)23(31)28-14-18-8-11-21(26)27-13-18;1-6-8(4)9(10(12)13)11(5)7(2)3/h6-11,13,15-16,20,22H,12,14H2,1-5H3,(H2,26,27)(H,28,31)(H,29,32);7-9H,6H2,1-5H3,(H,12,13)/t20-,22-;8?,9-/m00/s1. The van der Waals surface area contributed by atoms with E-state index in [1.165, 1.54) is 12.1 Å². The lowest BCUT2D eigenvalue weighted by Crippen LogP contribution is -2.56. The quantitative estimate of drug-likeness (QED) is 0.228. The van der Waals surface area contributed by atoms with Crippen molar-refractivity contribution in [3.05, 3.63) is 59.5 Å². The molecule has 0 saturated carbocycles. The number of hydrogen-bond acceptors (Lipinski definition) is 7. The van der Waals surface area contributed by atoms with Crippen molar-refractivity contribution in [3.8, 4) is 0 Å². The molecule has 0 fully saturated rings. The SMILES string of the molecule is CC(C)[C@@H](C(=O)N[C@@H](Cc1ccc(F)cc1)C(=O)NCc1ccc(N)nc1)N(C)C(C)C.CCC(C)[C@@H](C(=O)O)N(C)C(C)C. The van der Waals surface area contributed by atoms with Gasteiger partial charge >= 0.3 is 5.97 Å². The third-order valence-corrected chi connectivity index (χ3v) is 8.14. The summed E-state index contributed by atoms with van der Waals surface area (Å²) in [6.45, 7) is 16.3. The van der Waals surface area contributed by atoms with E-state index < -0.39 is 12.0 Å². The van der Waals surface area contributed by atoms with Gasteiger partial charge in [-0.1, -0.05) is 52.3 Å². The number of carbonyl (C=O) groups is 3. The van der Waals surface area contributed by atoms with Crippen LogP contribution in [0.1, 0.15) is 72.9 Å². The van der Waals surface area contributed by atoms with Crippen LogP contribution >= 0.6 is 0 Å². The molecule has 1 unspecified atom stereocenters. The molecule has 0 aliphatic heterocycles. The number of benzene rings is 1. The molecular formula is C34H55FN6O4. The first kappa shape index (κ1) is 39.5. The Kier molecular flexibility index (Phi) is 16.7. The number of pyridine rings is 1. The molecule has 1 aromatic carbocycles. The van der Waals surface area contributed by atoms with E-state index in [4.69, 9.17) is 10.8 Å². The Morgan fingerprint density at radius 3 is 1.84 bits per heavy atom. The summed E-state index contributed by atoms with van der Waals surface area (Å²) in [6, 6.07) is 8.24. The van der Waals surface area contributed by atoms with Crippen LogP contribution in [0.4, 0.5) is 10.2 Å². The maximum absolute atomic E-state index is 13.3. The molecule has 0 spiro atoms. The van der Waals surface area contributed by atoms with Crippen LogP contribution in [0.3, 0.4) is 0 Å². The topological polar surface area (TPSA) is 141 Å². The van der Waals surface area contributed by atoms with Crippen LogP contribution in [0.5, 0.6) is 0 Å². The van der Waals surface area contributed by atoms with Gasteiger partial charge < -0.3 is 21.5 Å². The highest BCUT2D eigenvalue weighted by Crippen LogP contribution is 2.16. The molecule has 2 aromatic rings. The van der Waals surface area contributed by atoms with Gasteiger partial charge in [-0.15, -0.1) is 0 Å². The van der Waals surface area contributed by atoms with Gasteiger partial charge in [0.05, 0.1) is 6.04 Å². The van der Waals surface area contributed by atoms with Gasteiger partial charge in [-0.3, -0.25) is 24.2 Å². The van der Waals surface area contributed by atoms with Crippen molar-refractivity contribution >= 4 is 23.6 Å². The maximum Gasteiger partial charge on any atom is 0.321 e. The molecule has 11 heteroatoms. The fourth-order valence-electron chi connectivity index (χ4n) is 4.82. The predicted molar refractivity (Wildman–Crippen MR) is 178 cm³/mol. The minimum absolute atomic E-state index is 0.0535. The number of rotatable bonds is 15. The summed E-state index contributed by atoms with van der Waals surface area (Å²) in [5.74, 6) is -0.960. The van der Waals surface area contributed by atoms with Crippen LogP contribution in [0, 0.1) is 17.7 Å². The second-order valence-corrected chi connectivity index (χ2v) is 12.6. The lowest BCUT2D eigenvalue weighted by molar-refractivity contribution is -0.145. The number of carboxylic acid groups (broad SMARTS) is 1. The Hall–Kier alpha value is -3.57. The monoisotopic (exact) mass is 630 g/mol. The minimum atomic E-state index is -0.809. The van der Waals surface area contributed by atoms with Crippen molar-refractivity contribution in [2.45, 2.75) is 105 Å². The van der Waals surface area contributed by atoms with Crippen molar-refractivity contribution in [1.82, 2.24) is 25.4 Å². The van der Waals surface area contributed by atoms with Crippen LogP contribution in [-0.4, -0.2) is 82.0 Å². The van der Waals surface area contributed by atoms with Crippen molar-refractivity contribution in [3.63, 3.8) is 0 Å². The van der Waals surface area contributed by atoms with E-state index in [1.807, 2.05) is 79.3 Å². The highest BCUT2D eigenvalue weighted by molar-refractivity contribution is 5.90. The first-order valence-corrected chi connectivity index (χ1v) is 15.7. The Bertz CT molecular complexity index is 1190. The van der Waals surface area contributed by atoms with Gasteiger partial charge in [0.2, 0.25) is 11.8 Å². The molecule has 1 heterocycles. The molecule has 5 N–H and O–H groups in total. The number of nitrogens with zero attached hydrogens (tertiary/aromatic N) is 3. The van der Waals surface area contributed by atoms with E-state index >= 15 is 0 Å². The largest absolute Gasteiger partial charge is 0.480 e. The van der Waals surface area contributed by atoms with E-state index in [9.17, 15) is 18.8 Å². The average Bonchev–Trinajstić information content (AvgIpc) is 2.97. The summed E-state index contributed by atoms with van der Waals surface area (Å²) in [5, 5.41) is 14.8. The van der Waals surface area contributed by atoms with Crippen LogP contribution in [-0.2, 0) is 27.3 Å². The lowest BCUT2D eigenvalue weighted by atomic mass is 9.97. The molecule has 0 radical (unpaired) electrons. The Morgan fingerprint density at radius 1 is 0.867 bits per heavy atom. The second kappa shape index (κ2) is 19.1. The number of hydrogen-bond donors (Lipinski definition) is 4. The van der Waals surface area contributed by atoms with Crippen molar-refractivity contribution in [2.75, 3.05) is 19.8 Å². The van der Waals surface area contributed by atoms with Crippen molar-refractivity contribution < 1.29 is 23.9 Å². The fraction of sp³-hybridized carbons (Fsp3) is 0.588. The van der Waals surface area contributed by atoms with Crippen molar-refractivity contribution in [2.24, 2.45) is 11.8 Å².